The summed E-state index contributed by atoms with van der Waals surface area (Å²) >= 11 is 0. The van der Waals surface area contributed by atoms with Gasteiger partial charge in [-0.05, 0) is 36.5 Å². The largest absolute Gasteiger partial charge is 0.491 e. The van der Waals surface area contributed by atoms with Crippen LogP contribution >= 0.6 is 0 Å². The van der Waals surface area contributed by atoms with Crippen LogP contribution in [-0.2, 0) is 33.6 Å². The normalized spacial score (nSPS) is 12.7. The number of carboxylic acid groups (broad SMARTS) is 3. The number of benzene rings is 1. The van der Waals surface area contributed by atoms with E-state index in [1.807, 2.05) is 19.2 Å². The highest BCUT2D eigenvalue weighted by molar-refractivity contribution is 5.97. The Kier molecular flexibility index (Phi) is 16.6. The van der Waals surface area contributed by atoms with Crippen LogP contribution in [0, 0.1) is 5.82 Å². The zero-order valence-corrected chi connectivity index (χ0v) is 25.4. The van der Waals surface area contributed by atoms with E-state index in [-0.39, 0.29) is 24.8 Å². The third-order valence-corrected chi connectivity index (χ3v) is 6.35. The number of rotatable bonds is 21. The second-order valence-electron chi connectivity index (χ2n) is 10.6. The molecule has 1 aromatic rings. The monoisotopic (exact) mass is 640 g/mol. The number of unbranched alkanes of at least 4 members (excludes halogenated alkanes) is 3. The van der Waals surface area contributed by atoms with E-state index in [1.165, 1.54) is 6.07 Å². The van der Waals surface area contributed by atoms with E-state index in [1.54, 1.807) is 12.1 Å². The summed E-state index contributed by atoms with van der Waals surface area (Å²) < 4.78 is 19.6. The molecule has 0 aliphatic heterocycles. The van der Waals surface area contributed by atoms with Crippen molar-refractivity contribution in [3.05, 3.63) is 29.6 Å². The van der Waals surface area contributed by atoms with Crippen LogP contribution in [0.25, 0.3) is 0 Å². The molecule has 0 unspecified atom stereocenters. The summed E-state index contributed by atoms with van der Waals surface area (Å²) in [5.74, 6) is -8.54. The van der Waals surface area contributed by atoms with Crippen LogP contribution in [0.3, 0.4) is 0 Å². The first-order chi connectivity index (χ1) is 21.1. The number of nitrogens with one attached hydrogen (secondary N) is 4. The van der Waals surface area contributed by atoms with Crippen LogP contribution in [0.4, 0.5) is 4.39 Å². The summed E-state index contributed by atoms with van der Waals surface area (Å²) in [6.07, 6.45) is -0.272. The number of carbonyl (C=O) groups is 7. The lowest BCUT2D eigenvalue weighted by molar-refractivity contribution is -0.144. The average Bonchev–Trinajstić information content (AvgIpc) is 2.92. The van der Waals surface area contributed by atoms with Gasteiger partial charge in [0.05, 0.1) is 25.9 Å². The summed E-state index contributed by atoms with van der Waals surface area (Å²) in [5.41, 5.74) is 0.865. The topological polar surface area (TPSA) is 238 Å². The Bertz CT molecular complexity index is 1210. The first kappa shape index (κ1) is 38.3. The van der Waals surface area contributed by atoms with Gasteiger partial charge in [-0.15, -0.1) is 0 Å². The van der Waals surface area contributed by atoms with Crippen LogP contribution in [-0.4, -0.2) is 88.1 Å². The minimum Gasteiger partial charge on any atom is -0.491 e. The second-order valence-corrected chi connectivity index (χ2v) is 10.6. The van der Waals surface area contributed by atoms with Gasteiger partial charge in [-0.1, -0.05) is 32.8 Å². The molecule has 1 aromatic carbocycles. The van der Waals surface area contributed by atoms with E-state index >= 15 is 0 Å². The van der Waals surface area contributed by atoms with Crippen molar-refractivity contribution in [2.24, 2.45) is 0 Å². The molecule has 7 N–H and O–H groups in total. The van der Waals surface area contributed by atoms with E-state index in [9.17, 15) is 48.2 Å². The molecule has 0 radical (unpaired) electrons. The first-order valence-electron chi connectivity index (χ1n) is 14.3. The molecule has 0 heterocycles. The molecule has 0 aromatic heterocycles. The molecular weight excluding hydrogens is 599 g/mol. The maximum Gasteiger partial charge on any atom is 0.305 e. The van der Waals surface area contributed by atoms with Crippen LogP contribution in [0.1, 0.15) is 77.2 Å². The molecule has 15 nitrogen and oxygen atoms in total. The van der Waals surface area contributed by atoms with Gasteiger partial charge in [0, 0.05) is 13.5 Å². The smallest absolute Gasteiger partial charge is 0.305 e. The van der Waals surface area contributed by atoms with E-state index < -0.39 is 84.7 Å². The van der Waals surface area contributed by atoms with Gasteiger partial charge in [-0.3, -0.25) is 33.6 Å². The molecule has 4 amide bonds. The second kappa shape index (κ2) is 19.5. The van der Waals surface area contributed by atoms with Gasteiger partial charge in [0.2, 0.25) is 23.6 Å². The highest BCUT2D eigenvalue weighted by Gasteiger charge is 2.32. The summed E-state index contributed by atoms with van der Waals surface area (Å²) in [7, 11) is 0. The van der Waals surface area contributed by atoms with Gasteiger partial charge in [-0.2, -0.15) is 0 Å². The van der Waals surface area contributed by atoms with Crippen molar-refractivity contribution in [3.8, 4) is 5.75 Å². The van der Waals surface area contributed by atoms with Crippen molar-refractivity contribution in [1.82, 2.24) is 21.3 Å². The third-order valence-electron chi connectivity index (χ3n) is 6.35. The molecule has 0 bridgehead atoms. The number of ether oxygens (including phenoxy) is 1. The Hall–Kier alpha value is -4.76. The quantitative estimate of drug-likeness (QED) is 0.0932. The summed E-state index contributed by atoms with van der Waals surface area (Å²) in [4.78, 5) is 83.1. The molecule has 0 saturated carbocycles. The number of carboxylic acids is 3. The Morgan fingerprint density at radius 1 is 0.733 bits per heavy atom. The van der Waals surface area contributed by atoms with Crippen molar-refractivity contribution >= 4 is 41.5 Å². The fraction of sp³-hybridized carbons (Fsp3) is 0.552. The number of halogens is 1. The zero-order chi connectivity index (χ0) is 34.1. The predicted molar refractivity (Wildman–Crippen MR) is 156 cm³/mol. The fourth-order valence-electron chi connectivity index (χ4n) is 4.03. The molecule has 0 saturated heterocycles. The highest BCUT2D eigenvalue weighted by atomic mass is 19.1. The SMILES string of the molecule is CC(=O)N[C@@H](CC(=O)O)C(=O)N[C@@H](CC(=O)O)C(=O)N[C@@H](CC(=O)O)C(=O)NCCCCCCOc1ccc(C(C)C)cc1F. The summed E-state index contributed by atoms with van der Waals surface area (Å²) in [5, 5.41) is 36.1. The van der Waals surface area contributed by atoms with Crippen LogP contribution < -0.4 is 26.0 Å². The van der Waals surface area contributed by atoms with Crippen molar-refractivity contribution in [2.45, 2.75) is 89.8 Å². The standard InChI is InChI=1S/C29H41FN4O11/c1-16(2)18-8-9-23(19(30)12-18)45-11-7-5-4-6-10-31-27(42)20(13-24(36)37)33-29(44)22(15-26(40)41)34-28(43)21(14-25(38)39)32-17(3)35/h8-9,12,16,20-22H,4-7,10-11,13-15H2,1-3H3,(H,31,42)(H,32,35)(H,33,44)(H,34,43)(H,36,37)(H,38,39)(H,40,41)/t20-,21-,22-/m0/s1. The molecule has 0 fully saturated rings. The molecule has 0 aliphatic carbocycles. The summed E-state index contributed by atoms with van der Waals surface area (Å²) in [6.45, 7) is 5.34. The molecule has 1 rings (SSSR count). The third kappa shape index (κ3) is 15.5. The van der Waals surface area contributed by atoms with Gasteiger partial charge in [-0.25, -0.2) is 4.39 Å². The van der Waals surface area contributed by atoms with Crippen LogP contribution in [0.5, 0.6) is 5.75 Å². The van der Waals surface area contributed by atoms with E-state index in [4.69, 9.17) is 9.84 Å². The Labute approximate surface area is 259 Å². The zero-order valence-electron chi connectivity index (χ0n) is 25.4. The van der Waals surface area contributed by atoms with Gasteiger partial charge in [0.15, 0.2) is 11.6 Å². The van der Waals surface area contributed by atoms with Crippen molar-refractivity contribution < 1.29 is 58.0 Å². The van der Waals surface area contributed by atoms with Crippen molar-refractivity contribution in [3.63, 3.8) is 0 Å². The lowest BCUT2D eigenvalue weighted by atomic mass is 10.0. The fourth-order valence-corrected chi connectivity index (χ4v) is 4.03. The van der Waals surface area contributed by atoms with Gasteiger partial charge >= 0.3 is 17.9 Å². The minimum atomic E-state index is -1.83. The lowest BCUT2D eigenvalue weighted by Crippen LogP contribution is -2.57. The molecule has 3 atom stereocenters. The van der Waals surface area contributed by atoms with E-state index in [2.05, 4.69) is 16.0 Å². The number of carbonyl (C=O) groups excluding carboxylic acids is 4. The van der Waals surface area contributed by atoms with Gasteiger partial charge < -0.3 is 41.3 Å². The van der Waals surface area contributed by atoms with E-state index in [0.717, 1.165) is 12.5 Å². The Morgan fingerprint density at radius 3 is 1.69 bits per heavy atom. The number of aliphatic carboxylic acids is 3. The van der Waals surface area contributed by atoms with Gasteiger partial charge in [0.25, 0.3) is 0 Å². The maximum atomic E-state index is 14.1. The molecule has 0 aliphatic rings. The minimum absolute atomic E-state index is 0.125. The lowest BCUT2D eigenvalue weighted by Gasteiger charge is -2.23. The van der Waals surface area contributed by atoms with Gasteiger partial charge in [0.1, 0.15) is 18.1 Å². The first-order valence-corrected chi connectivity index (χ1v) is 14.3. The highest BCUT2D eigenvalue weighted by Crippen LogP contribution is 2.23. The molecule has 250 valence electrons. The predicted octanol–water partition coefficient (Wildman–Crippen LogP) is 0.903. The molecular formula is C29H41FN4O11. The molecule has 0 spiro atoms. The van der Waals surface area contributed by atoms with Crippen LogP contribution in [0.2, 0.25) is 0 Å². The molecule has 16 heteroatoms. The molecule has 45 heavy (non-hydrogen) atoms. The van der Waals surface area contributed by atoms with Crippen molar-refractivity contribution in [1.29, 1.82) is 0 Å². The van der Waals surface area contributed by atoms with Crippen LogP contribution in [0.15, 0.2) is 18.2 Å². The maximum absolute atomic E-state index is 14.1. The number of hydrogen-bond donors (Lipinski definition) is 7. The van der Waals surface area contributed by atoms with E-state index in [0.29, 0.717) is 25.7 Å². The number of hydrogen-bond acceptors (Lipinski definition) is 8. The Balaban J connectivity index is 2.64. The summed E-state index contributed by atoms with van der Waals surface area (Å²) in [6, 6.07) is -0.248. The number of amides is 4. The Morgan fingerprint density at radius 2 is 1.22 bits per heavy atom. The average molecular weight is 641 g/mol. The van der Waals surface area contributed by atoms with Crippen molar-refractivity contribution in [2.75, 3.05) is 13.2 Å².